The summed E-state index contributed by atoms with van der Waals surface area (Å²) in [6, 6.07) is 0. The number of rotatable bonds is 1. The van der Waals surface area contributed by atoms with Crippen molar-refractivity contribution in [2.75, 3.05) is 12.0 Å². The molecule has 1 rings (SSSR count). The van der Waals surface area contributed by atoms with E-state index in [1.54, 1.807) is 0 Å². The number of nitrogens with one attached hydrogen (secondary N) is 1. The van der Waals surface area contributed by atoms with Crippen molar-refractivity contribution in [2.45, 2.75) is 4.90 Å². The van der Waals surface area contributed by atoms with Crippen molar-refractivity contribution in [1.29, 1.82) is 0 Å². The Bertz CT molecular complexity index is 331. The van der Waals surface area contributed by atoms with Crippen LogP contribution in [0.5, 0.6) is 0 Å². The zero-order chi connectivity index (χ0) is 7.78. The maximum absolute atomic E-state index is 10.8. The lowest BCUT2D eigenvalue weighted by molar-refractivity contribution is 0.602. The van der Waals surface area contributed by atoms with Gasteiger partial charge >= 0.3 is 0 Å². The number of aromatic amines is 1. The van der Waals surface area contributed by atoms with Crippen LogP contribution >= 0.6 is 12.4 Å². The standard InChI is InChI=1S/C4H7N3O2S.ClH/c1-10(8,9)3-2-6-7-4(3)5;/h2H,1H3,(H3,5,6,7);1H. The van der Waals surface area contributed by atoms with Crippen molar-refractivity contribution in [3.8, 4) is 0 Å². The van der Waals surface area contributed by atoms with Gasteiger partial charge in [-0.3, -0.25) is 5.10 Å². The molecule has 0 aliphatic carbocycles. The van der Waals surface area contributed by atoms with E-state index in [1.165, 1.54) is 6.20 Å². The number of hydrogen-bond acceptors (Lipinski definition) is 4. The molecule has 0 atom stereocenters. The summed E-state index contributed by atoms with van der Waals surface area (Å²) in [7, 11) is -3.21. The lowest BCUT2D eigenvalue weighted by atomic mass is 10.7. The molecule has 0 aromatic carbocycles. The Labute approximate surface area is 70.3 Å². The molecule has 0 aliphatic rings. The Hall–Kier alpha value is -0.750. The summed E-state index contributed by atoms with van der Waals surface area (Å²) in [6.07, 6.45) is 2.26. The molecule has 11 heavy (non-hydrogen) atoms. The number of H-pyrrole nitrogens is 1. The van der Waals surface area contributed by atoms with Crippen molar-refractivity contribution in [2.24, 2.45) is 0 Å². The van der Waals surface area contributed by atoms with Gasteiger partial charge in [0.1, 0.15) is 10.7 Å². The van der Waals surface area contributed by atoms with E-state index < -0.39 is 9.84 Å². The highest BCUT2D eigenvalue weighted by Gasteiger charge is 2.12. The second-order valence-corrected chi connectivity index (χ2v) is 3.90. The fourth-order valence-corrected chi connectivity index (χ4v) is 1.27. The predicted octanol–water partition coefficient (Wildman–Crippen LogP) is -0.183. The molecule has 0 saturated carbocycles. The number of nitrogens with two attached hydrogens (primary N) is 1. The van der Waals surface area contributed by atoms with Gasteiger partial charge in [-0.2, -0.15) is 5.10 Å². The maximum Gasteiger partial charge on any atom is 0.180 e. The van der Waals surface area contributed by atoms with Crippen LogP contribution in [0.25, 0.3) is 0 Å². The topological polar surface area (TPSA) is 88.8 Å². The van der Waals surface area contributed by atoms with Gasteiger partial charge in [-0.05, 0) is 0 Å². The van der Waals surface area contributed by atoms with Gasteiger partial charge in [0.25, 0.3) is 0 Å². The molecule has 5 nitrogen and oxygen atoms in total. The molecule has 0 spiro atoms. The first kappa shape index (κ1) is 10.2. The molecule has 0 fully saturated rings. The van der Waals surface area contributed by atoms with E-state index in [9.17, 15) is 8.42 Å². The van der Waals surface area contributed by atoms with Crippen LogP contribution in [-0.2, 0) is 9.84 Å². The molecule has 7 heteroatoms. The second kappa shape index (κ2) is 3.10. The van der Waals surface area contributed by atoms with E-state index in [4.69, 9.17) is 5.73 Å². The summed E-state index contributed by atoms with van der Waals surface area (Å²) in [4.78, 5) is 0.0486. The first-order chi connectivity index (χ1) is 4.52. The Balaban J connectivity index is 0.000001000. The first-order valence-electron chi connectivity index (χ1n) is 2.50. The highest BCUT2D eigenvalue weighted by molar-refractivity contribution is 7.90. The number of anilines is 1. The van der Waals surface area contributed by atoms with Crippen molar-refractivity contribution in [1.82, 2.24) is 10.2 Å². The van der Waals surface area contributed by atoms with Crippen LogP contribution in [0.3, 0.4) is 0 Å². The van der Waals surface area contributed by atoms with Gasteiger partial charge in [0.05, 0.1) is 6.20 Å². The molecule has 1 heterocycles. The quantitative estimate of drug-likeness (QED) is 0.654. The smallest absolute Gasteiger partial charge is 0.180 e. The third kappa shape index (κ3) is 2.09. The lowest BCUT2D eigenvalue weighted by Crippen LogP contribution is -1.99. The lowest BCUT2D eigenvalue weighted by Gasteiger charge is -1.91. The van der Waals surface area contributed by atoms with Crippen LogP contribution in [0.2, 0.25) is 0 Å². The summed E-state index contributed by atoms with van der Waals surface area (Å²) in [5.74, 6) is 0.0856. The Morgan fingerprint density at radius 1 is 1.64 bits per heavy atom. The maximum atomic E-state index is 10.8. The zero-order valence-corrected chi connectivity index (χ0v) is 7.37. The Kier molecular flexibility index (Phi) is 2.89. The molecule has 0 saturated heterocycles. The molecule has 0 radical (unpaired) electrons. The zero-order valence-electron chi connectivity index (χ0n) is 5.73. The molecule has 0 unspecified atom stereocenters. The Morgan fingerprint density at radius 3 is 2.36 bits per heavy atom. The minimum Gasteiger partial charge on any atom is -0.383 e. The molecule has 0 bridgehead atoms. The molecule has 64 valence electrons. The van der Waals surface area contributed by atoms with Gasteiger partial charge in [-0.25, -0.2) is 8.42 Å². The van der Waals surface area contributed by atoms with Crippen LogP contribution in [0.1, 0.15) is 0 Å². The molecule has 1 aromatic heterocycles. The summed E-state index contributed by atoms with van der Waals surface area (Å²) >= 11 is 0. The van der Waals surface area contributed by atoms with Gasteiger partial charge < -0.3 is 5.73 Å². The summed E-state index contributed by atoms with van der Waals surface area (Å²) in [5, 5.41) is 5.78. The summed E-state index contributed by atoms with van der Waals surface area (Å²) in [5.41, 5.74) is 5.23. The van der Waals surface area contributed by atoms with Gasteiger partial charge in [0.15, 0.2) is 9.84 Å². The first-order valence-corrected chi connectivity index (χ1v) is 4.40. The number of sulfone groups is 1. The minimum absolute atomic E-state index is 0. The average molecular weight is 198 g/mol. The van der Waals surface area contributed by atoms with E-state index in [1.807, 2.05) is 0 Å². The van der Waals surface area contributed by atoms with E-state index >= 15 is 0 Å². The van der Waals surface area contributed by atoms with Crippen molar-refractivity contribution < 1.29 is 8.42 Å². The van der Waals surface area contributed by atoms with E-state index in [0.29, 0.717) is 0 Å². The molecular formula is C4H8ClN3O2S. The van der Waals surface area contributed by atoms with Gasteiger partial charge in [-0.15, -0.1) is 12.4 Å². The predicted molar refractivity (Wildman–Crippen MR) is 43.4 cm³/mol. The summed E-state index contributed by atoms with van der Waals surface area (Å²) < 4.78 is 21.5. The van der Waals surface area contributed by atoms with Crippen LogP contribution < -0.4 is 5.73 Å². The van der Waals surface area contributed by atoms with E-state index in [0.717, 1.165) is 6.26 Å². The second-order valence-electron chi connectivity index (χ2n) is 1.92. The monoisotopic (exact) mass is 197 g/mol. The van der Waals surface area contributed by atoms with Crippen molar-refractivity contribution >= 4 is 28.1 Å². The van der Waals surface area contributed by atoms with Gasteiger partial charge in [-0.1, -0.05) is 0 Å². The molecule has 0 aliphatic heterocycles. The average Bonchev–Trinajstić information content (AvgIpc) is 2.11. The SMILES string of the molecule is CS(=O)(=O)c1cn[nH]c1N.Cl. The van der Waals surface area contributed by atoms with Crippen molar-refractivity contribution in [3.63, 3.8) is 0 Å². The number of halogens is 1. The van der Waals surface area contributed by atoms with Crippen LogP contribution in [-0.4, -0.2) is 24.9 Å². The number of nitrogens with zero attached hydrogens (tertiary/aromatic N) is 1. The molecular weight excluding hydrogens is 190 g/mol. The van der Waals surface area contributed by atoms with Crippen LogP contribution in [0, 0.1) is 0 Å². The number of hydrogen-bond donors (Lipinski definition) is 2. The van der Waals surface area contributed by atoms with Gasteiger partial charge in [0, 0.05) is 6.26 Å². The molecule has 0 amide bonds. The number of aromatic nitrogens is 2. The van der Waals surface area contributed by atoms with Gasteiger partial charge in [0.2, 0.25) is 0 Å². The minimum atomic E-state index is -3.21. The third-order valence-corrected chi connectivity index (χ3v) is 2.16. The van der Waals surface area contributed by atoms with Crippen LogP contribution in [0.4, 0.5) is 5.82 Å². The van der Waals surface area contributed by atoms with Crippen molar-refractivity contribution in [3.05, 3.63) is 6.20 Å². The molecule has 3 N–H and O–H groups in total. The number of nitrogen functional groups attached to an aromatic ring is 1. The third-order valence-electron chi connectivity index (χ3n) is 1.03. The fraction of sp³-hybridized carbons (Fsp3) is 0.250. The largest absolute Gasteiger partial charge is 0.383 e. The van der Waals surface area contributed by atoms with Crippen LogP contribution in [0.15, 0.2) is 11.1 Å². The highest BCUT2D eigenvalue weighted by atomic mass is 35.5. The van der Waals surface area contributed by atoms with E-state index in [2.05, 4.69) is 10.2 Å². The molecule has 1 aromatic rings. The summed E-state index contributed by atoms with van der Waals surface area (Å²) in [6.45, 7) is 0. The Morgan fingerprint density at radius 2 is 2.18 bits per heavy atom. The normalized spacial score (nSPS) is 10.6. The van der Waals surface area contributed by atoms with E-state index in [-0.39, 0.29) is 23.1 Å². The highest BCUT2D eigenvalue weighted by Crippen LogP contribution is 2.12. The fourth-order valence-electron chi connectivity index (χ4n) is 0.581.